The van der Waals surface area contributed by atoms with Gasteiger partial charge in [0.2, 0.25) is 5.84 Å². The third-order valence-electron chi connectivity index (χ3n) is 2.84. The third kappa shape index (κ3) is 3.67. The number of aliphatic imine (C=N–C) groups is 1. The van der Waals surface area contributed by atoms with E-state index in [0.29, 0.717) is 5.56 Å². The number of benzene rings is 1. The predicted molar refractivity (Wildman–Crippen MR) is 73.5 cm³/mol. The molecule has 1 aromatic rings. The van der Waals surface area contributed by atoms with Crippen LogP contribution in [0.5, 0.6) is 5.75 Å². The Kier molecular flexibility index (Phi) is 4.22. The van der Waals surface area contributed by atoms with E-state index in [9.17, 15) is 18.9 Å². The largest absolute Gasteiger partial charge is 0.435 e. The fourth-order valence-electron chi connectivity index (χ4n) is 1.95. The molecule has 0 aliphatic carbocycles. The van der Waals surface area contributed by atoms with Gasteiger partial charge in [0.25, 0.3) is 0 Å². The quantitative estimate of drug-likeness (QED) is 0.537. The second-order valence-electron chi connectivity index (χ2n) is 4.56. The van der Waals surface area contributed by atoms with Crippen LogP contribution in [0.1, 0.15) is 5.56 Å². The first kappa shape index (κ1) is 15.6. The number of hydrogen-bond donors (Lipinski definition) is 3. The van der Waals surface area contributed by atoms with Crippen LogP contribution in [0, 0.1) is 10.1 Å². The van der Waals surface area contributed by atoms with E-state index < -0.39 is 23.0 Å². The van der Waals surface area contributed by atoms with Crippen LogP contribution in [0.3, 0.4) is 0 Å². The van der Waals surface area contributed by atoms with Crippen molar-refractivity contribution in [2.75, 3.05) is 0 Å². The molecular formula is C12H13F2N5O3. The van der Waals surface area contributed by atoms with Crippen LogP contribution in [0.2, 0.25) is 0 Å². The molecule has 1 aliphatic rings. The molecule has 2 rings (SSSR count). The van der Waals surface area contributed by atoms with Crippen molar-refractivity contribution in [2.24, 2.45) is 16.5 Å². The van der Waals surface area contributed by atoms with E-state index in [1.54, 1.807) is 6.07 Å². The fraction of sp³-hybridized carbons (Fsp3) is 0.250. The molecule has 1 aromatic carbocycles. The number of alkyl halides is 2. The zero-order valence-electron chi connectivity index (χ0n) is 11.2. The van der Waals surface area contributed by atoms with Crippen molar-refractivity contribution in [1.29, 1.82) is 0 Å². The molecule has 0 fully saturated rings. The molecule has 1 aliphatic heterocycles. The van der Waals surface area contributed by atoms with E-state index in [0.717, 1.165) is 6.20 Å². The molecule has 118 valence electrons. The Labute approximate surface area is 123 Å². The summed E-state index contributed by atoms with van der Waals surface area (Å²) in [6, 6.07) is 5.90. The minimum Gasteiger partial charge on any atom is -0.435 e. The summed E-state index contributed by atoms with van der Waals surface area (Å²) in [5.41, 5.74) is 11.6. The van der Waals surface area contributed by atoms with Crippen LogP contribution in [-0.4, -0.2) is 23.2 Å². The van der Waals surface area contributed by atoms with E-state index in [2.05, 4.69) is 15.0 Å². The normalized spacial score (nSPS) is 20.9. The number of rotatable bonds is 5. The lowest BCUT2D eigenvalue weighted by molar-refractivity contribution is -0.416. The van der Waals surface area contributed by atoms with Gasteiger partial charge in [-0.1, -0.05) is 12.1 Å². The van der Waals surface area contributed by atoms with Crippen molar-refractivity contribution >= 4 is 5.84 Å². The number of amidine groups is 1. The molecule has 0 saturated carbocycles. The molecule has 0 bridgehead atoms. The highest BCUT2D eigenvalue weighted by atomic mass is 19.3. The topological polar surface area (TPSA) is 129 Å². The summed E-state index contributed by atoms with van der Waals surface area (Å²) < 4.78 is 28.7. The number of nitrogens with one attached hydrogen (secondary N) is 1. The van der Waals surface area contributed by atoms with Crippen LogP contribution in [-0.2, 0) is 6.42 Å². The van der Waals surface area contributed by atoms with Crippen LogP contribution >= 0.6 is 0 Å². The standard InChI is InChI=1S/C12H13F2N5O3/c13-11(14)22-8-3-1-2-7(4-8)5-12(16)17-6-9(19(20)21)10(15)18-12/h1-4,6,11,17H,5,16H2,(H2,15,18). The highest BCUT2D eigenvalue weighted by Gasteiger charge is 2.32. The summed E-state index contributed by atoms with van der Waals surface area (Å²) >= 11 is 0. The van der Waals surface area contributed by atoms with Gasteiger partial charge in [-0.05, 0) is 17.7 Å². The lowest BCUT2D eigenvalue weighted by atomic mass is 10.1. The van der Waals surface area contributed by atoms with Crippen molar-refractivity contribution in [3.63, 3.8) is 0 Å². The molecule has 0 spiro atoms. The number of nitrogens with two attached hydrogens (primary N) is 2. The number of ether oxygens (including phenoxy) is 1. The van der Waals surface area contributed by atoms with Crippen LogP contribution < -0.4 is 21.5 Å². The van der Waals surface area contributed by atoms with Gasteiger partial charge in [0.1, 0.15) is 5.75 Å². The van der Waals surface area contributed by atoms with Crippen molar-refractivity contribution in [3.8, 4) is 5.75 Å². The Morgan fingerprint density at radius 2 is 2.23 bits per heavy atom. The summed E-state index contributed by atoms with van der Waals surface area (Å²) in [4.78, 5) is 13.9. The summed E-state index contributed by atoms with van der Waals surface area (Å²) in [7, 11) is 0. The summed E-state index contributed by atoms with van der Waals surface area (Å²) in [5.74, 6) is -1.75. The number of hydrogen-bond acceptors (Lipinski definition) is 7. The summed E-state index contributed by atoms with van der Waals surface area (Å²) in [6.45, 7) is -2.94. The average Bonchev–Trinajstić information content (AvgIpc) is 2.36. The SMILES string of the molecule is NC1=NC(N)(Cc2cccc(OC(F)F)c2)NC=C1[N+](=O)[O-]. The van der Waals surface area contributed by atoms with E-state index in [1.165, 1.54) is 18.2 Å². The van der Waals surface area contributed by atoms with E-state index in [4.69, 9.17) is 11.5 Å². The molecule has 8 nitrogen and oxygen atoms in total. The number of nitro groups is 1. The molecule has 1 atom stereocenters. The third-order valence-corrected chi connectivity index (χ3v) is 2.84. The first-order valence-electron chi connectivity index (χ1n) is 6.10. The van der Waals surface area contributed by atoms with Crippen LogP contribution in [0.25, 0.3) is 0 Å². The van der Waals surface area contributed by atoms with Crippen molar-refractivity contribution in [1.82, 2.24) is 5.32 Å². The number of halogens is 2. The van der Waals surface area contributed by atoms with Gasteiger partial charge in [-0.2, -0.15) is 8.78 Å². The zero-order valence-corrected chi connectivity index (χ0v) is 11.2. The smallest absolute Gasteiger partial charge is 0.387 e. The molecule has 0 amide bonds. The minimum atomic E-state index is -2.94. The summed E-state index contributed by atoms with van der Waals surface area (Å²) in [5, 5.41) is 13.3. The average molecular weight is 313 g/mol. The first-order chi connectivity index (χ1) is 10.3. The fourth-order valence-corrected chi connectivity index (χ4v) is 1.95. The lowest BCUT2D eigenvalue weighted by Gasteiger charge is -2.28. The monoisotopic (exact) mass is 313 g/mol. The Balaban J connectivity index is 2.16. The molecule has 1 unspecified atom stereocenters. The molecular weight excluding hydrogens is 300 g/mol. The Bertz CT molecular complexity index is 649. The van der Waals surface area contributed by atoms with Gasteiger partial charge in [-0.25, -0.2) is 4.99 Å². The molecule has 22 heavy (non-hydrogen) atoms. The van der Waals surface area contributed by atoms with Crippen molar-refractivity contribution < 1.29 is 18.4 Å². The van der Waals surface area contributed by atoms with Gasteiger partial charge < -0.3 is 15.8 Å². The van der Waals surface area contributed by atoms with E-state index in [1.807, 2.05) is 0 Å². The first-order valence-corrected chi connectivity index (χ1v) is 6.10. The summed E-state index contributed by atoms with van der Waals surface area (Å²) in [6.07, 6.45) is 1.12. The van der Waals surface area contributed by atoms with Crippen molar-refractivity contribution in [2.45, 2.75) is 18.8 Å². The Hall–Kier alpha value is -2.75. The minimum absolute atomic E-state index is 0.0228. The highest BCUT2D eigenvalue weighted by Crippen LogP contribution is 2.20. The molecule has 10 heteroatoms. The molecule has 5 N–H and O–H groups in total. The van der Waals surface area contributed by atoms with Gasteiger partial charge in [0.15, 0.2) is 5.79 Å². The predicted octanol–water partition coefficient (Wildman–Crippen LogP) is 0.522. The van der Waals surface area contributed by atoms with Gasteiger partial charge in [-0.3, -0.25) is 15.8 Å². The van der Waals surface area contributed by atoms with Crippen LogP contribution in [0.4, 0.5) is 8.78 Å². The van der Waals surface area contributed by atoms with Gasteiger partial charge in [-0.15, -0.1) is 0 Å². The van der Waals surface area contributed by atoms with Gasteiger partial charge >= 0.3 is 12.3 Å². The molecule has 0 aromatic heterocycles. The van der Waals surface area contributed by atoms with Crippen LogP contribution in [0.15, 0.2) is 41.2 Å². The van der Waals surface area contributed by atoms with Gasteiger partial charge in [0, 0.05) is 6.42 Å². The van der Waals surface area contributed by atoms with E-state index >= 15 is 0 Å². The maximum Gasteiger partial charge on any atom is 0.387 e. The molecule has 1 heterocycles. The zero-order chi connectivity index (χ0) is 16.3. The van der Waals surface area contributed by atoms with E-state index in [-0.39, 0.29) is 18.0 Å². The lowest BCUT2D eigenvalue weighted by Crippen LogP contribution is -2.55. The second-order valence-corrected chi connectivity index (χ2v) is 4.56. The second kappa shape index (κ2) is 5.93. The maximum atomic E-state index is 12.2. The maximum absolute atomic E-state index is 12.2. The van der Waals surface area contributed by atoms with Crippen molar-refractivity contribution in [3.05, 3.63) is 51.8 Å². The molecule has 0 radical (unpaired) electrons. The number of nitrogens with zero attached hydrogens (tertiary/aromatic N) is 2. The Morgan fingerprint density at radius 1 is 1.50 bits per heavy atom. The Morgan fingerprint density at radius 3 is 2.82 bits per heavy atom. The molecule has 0 saturated heterocycles. The highest BCUT2D eigenvalue weighted by molar-refractivity contribution is 5.95. The van der Waals surface area contributed by atoms with Gasteiger partial charge in [0.05, 0.1) is 11.1 Å².